The summed E-state index contributed by atoms with van der Waals surface area (Å²) in [6.07, 6.45) is 7.55. The van der Waals surface area contributed by atoms with Crippen LogP contribution in [0.3, 0.4) is 0 Å². The standard InChI is InChI=1S/C13H20N2O3/c16-13(6-2-1-3-7-13)9-11-14-12(15-18-11)10-5-4-8-17-10/h10,16H,1-9H2/t10-/m1/s1. The van der Waals surface area contributed by atoms with Crippen molar-refractivity contribution < 1.29 is 14.4 Å². The molecule has 1 saturated carbocycles. The minimum atomic E-state index is -0.640. The molecule has 2 fully saturated rings. The van der Waals surface area contributed by atoms with E-state index in [2.05, 4.69) is 10.1 Å². The summed E-state index contributed by atoms with van der Waals surface area (Å²) >= 11 is 0. The van der Waals surface area contributed by atoms with Crippen LogP contribution in [0.15, 0.2) is 4.52 Å². The number of aliphatic hydroxyl groups is 1. The second-order valence-electron chi connectivity index (χ2n) is 5.51. The maximum Gasteiger partial charge on any atom is 0.229 e. The van der Waals surface area contributed by atoms with E-state index in [1.165, 1.54) is 6.42 Å². The summed E-state index contributed by atoms with van der Waals surface area (Å²) in [4.78, 5) is 4.37. The van der Waals surface area contributed by atoms with Gasteiger partial charge in [0.25, 0.3) is 0 Å². The normalized spacial score (nSPS) is 27.5. The van der Waals surface area contributed by atoms with Crippen LogP contribution in [0, 0.1) is 0 Å². The van der Waals surface area contributed by atoms with E-state index in [0.717, 1.165) is 45.1 Å². The summed E-state index contributed by atoms with van der Waals surface area (Å²) in [5.74, 6) is 1.19. The highest BCUT2D eigenvalue weighted by Crippen LogP contribution is 2.32. The van der Waals surface area contributed by atoms with Crippen molar-refractivity contribution in [2.24, 2.45) is 0 Å². The minimum absolute atomic E-state index is 0.0106. The van der Waals surface area contributed by atoms with Crippen molar-refractivity contribution in [3.05, 3.63) is 11.7 Å². The molecule has 3 rings (SSSR count). The Bertz CT molecular complexity index is 393. The molecule has 0 amide bonds. The average Bonchev–Trinajstić information content (AvgIpc) is 2.99. The molecule has 2 aliphatic rings. The molecule has 1 saturated heterocycles. The molecule has 1 aliphatic carbocycles. The van der Waals surface area contributed by atoms with Crippen LogP contribution in [-0.4, -0.2) is 27.5 Å². The smallest absolute Gasteiger partial charge is 0.229 e. The van der Waals surface area contributed by atoms with Gasteiger partial charge >= 0.3 is 0 Å². The Morgan fingerprint density at radius 1 is 1.22 bits per heavy atom. The van der Waals surface area contributed by atoms with E-state index in [4.69, 9.17) is 9.26 Å². The molecule has 0 unspecified atom stereocenters. The van der Waals surface area contributed by atoms with E-state index >= 15 is 0 Å². The van der Waals surface area contributed by atoms with E-state index in [1.54, 1.807) is 0 Å². The van der Waals surface area contributed by atoms with Crippen LogP contribution in [0.2, 0.25) is 0 Å². The highest BCUT2D eigenvalue weighted by atomic mass is 16.5. The molecule has 1 aliphatic heterocycles. The molecule has 5 heteroatoms. The molecule has 1 aromatic heterocycles. The molecule has 0 aromatic carbocycles. The Morgan fingerprint density at radius 3 is 2.78 bits per heavy atom. The molecular formula is C13H20N2O3. The summed E-state index contributed by atoms with van der Waals surface area (Å²) in [5, 5.41) is 14.4. The molecule has 0 spiro atoms. The van der Waals surface area contributed by atoms with Crippen LogP contribution < -0.4 is 0 Å². The second kappa shape index (κ2) is 4.97. The first-order chi connectivity index (χ1) is 8.75. The van der Waals surface area contributed by atoms with Crippen molar-refractivity contribution in [2.45, 2.75) is 63.1 Å². The number of rotatable bonds is 3. The van der Waals surface area contributed by atoms with Gasteiger partial charge in [0.1, 0.15) is 6.10 Å². The number of nitrogens with zero attached hydrogens (tertiary/aromatic N) is 2. The number of aromatic nitrogens is 2. The maximum absolute atomic E-state index is 10.4. The third-order valence-corrected chi connectivity index (χ3v) is 3.97. The first-order valence-electron chi connectivity index (χ1n) is 6.92. The van der Waals surface area contributed by atoms with E-state index < -0.39 is 5.60 Å². The van der Waals surface area contributed by atoms with Crippen molar-refractivity contribution in [1.82, 2.24) is 10.1 Å². The van der Waals surface area contributed by atoms with Gasteiger partial charge in [-0.25, -0.2) is 0 Å². The zero-order chi connectivity index (χ0) is 12.4. The Balaban J connectivity index is 1.65. The zero-order valence-electron chi connectivity index (χ0n) is 10.6. The maximum atomic E-state index is 10.4. The molecule has 18 heavy (non-hydrogen) atoms. The molecule has 1 N–H and O–H groups in total. The largest absolute Gasteiger partial charge is 0.389 e. The van der Waals surface area contributed by atoms with Crippen LogP contribution in [0.25, 0.3) is 0 Å². The zero-order valence-corrected chi connectivity index (χ0v) is 10.6. The van der Waals surface area contributed by atoms with Crippen LogP contribution in [0.4, 0.5) is 0 Å². The van der Waals surface area contributed by atoms with Gasteiger partial charge in [-0.1, -0.05) is 24.4 Å². The minimum Gasteiger partial charge on any atom is -0.389 e. The first-order valence-corrected chi connectivity index (χ1v) is 6.92. The molecule has 1 aromatic rings. The van der Waals surface area contributed by atoms with Gasteiger partial charge < -0.3 is 14.4 Å². The molecular weight excluding hydrogens is 232 g/mol. The lowest BCUT2D eigenvalue weighted by Gasteiger charge is -2.30. The van der Waals surface area contributed by atoms with Gasteiger partial charge in [0, 0.05) is 6.61 Å². The number of hydrogen-bond acceptors (Lipinski definition) is 5. The molecule has 1 atom stereocenters. The van der Waals surface area contributed by atoms with Gasteiger partial charge in [0.15, 0.2) is 0 Å². The van der Waals surface area contributed by atoms with Crippen molar-refractivity contribution in [2.75, 3.05) is 6.61 Å². The van der Waals surface area contributed by atoms with Crippen LogP contribution in [0.1, 0.15) is 62.8 Å². The predicted octanol–water partition coefficient (Wildman–Crippen LogP) is 2.16. The van der Waals surface area contributed by atoms with Crippen molar-refractivity contribution in [1.29, 1.82) is 0 Å². The Morgan fingerprint density at radius 2 is 2.06 bits per heavy atom. The summed E-state index contributed by atoms with van der Waals surface area (Å²) in [7, 11) is 0. The summed E-state index contributed by atoms with van der Waals surface area (Å²) in [6, 6.07) is 0. The van der Waals surface area contributed by atoms with E-state index in [9.17, 15) is 5.11 Å². The lowest BCUT2D eigenvalue weighted by molar-refractivity contribution is -0.00181. The first kappa shape index (κ1) is 12.1. The lowest BCUT2D eigenvalue weighted by Crippen LogP contribution is -2.33. The topological polar surface area (TPSA) is 68.4 Å². The quantitative estimate of drug-likeness (QED) is 0.892. The predicted molar refractivity (Wildman–Crippen MR) is 64.0 cm³/mol. The van der Waals surface area contributed by atoms with Gasteiger partial charge in [0.2, 0.25) is 11.7 Å². The highest BCUT2D eigenvalue weighted by molar-refractivity contribution is 4.97. The van der Waals surface area contributed by atoms with E-state index in [1.807, 2.05) is 0 Å². The fourth-order valence-corrected chi connectivity index (χ4v) is 2.92. The van der Waals surface area contributed by atoms with Gasteiger partial charge in [-0.3, -0.25) is 0 Å². The van der Waals surface area contributed by atoms with Gasteiger partial charge in [-0.05, 0) is 25.7 Å². The van der Waals surface area contributed by atoms with E-state index in [-0.39, 0.29) is 6.10 Å². The van der Waals surface area contributed by atoms with Crippen molar-refractivity contribution in [3.63, 3.8) is 0 Å². The third-order valence-electron chi connectivity index (χ3n) is 3.97. The average molecular weight is 252 g/mol. The van der Waals surface area contributed by atoms with Crippen molar-refractivity contribution >= 4 is 0 Å². The van der Waals surface area contributed by atoms with Gasteiger partial charge in [-0.2, -0.15) is 4.98 Å². The Hall–Kier alpha value is -0.940. The van der Waals surface area contributed by atoms with Gasteiger partial charge in [-0.15, -0.1) is 0 Å². The molecule has 100 valence electrons. The fraction of sp³-hybridized carbons (Fsp3) is 0.846. The number of ether oxygens (including phenoxy) is 1. The highest BCUT2D eigenvalue weighted by Gasteiger charge is 2.32. The van der Waals surface area contributed by atoms with E-state index in [0.29, 0.717) is 18.1 Å². The summed E-state index contributed by atoms with van der Waals surface area (Å²) in [6.45, 7) is 0.776. The van der Waals surface area contributed by atoms with Crippen LogP contribution in [0.5, 0.6) is 0 Å². The fourth-order valence-electron chi connectivity index (χ4n) is 2.92. The molecule has 0 radical (unpaired) electrons. The summed E-state index contributed by atoms with van der Waals surface area (Å²) in [5.41, 5.74) is -0.640. The molecule has 5 nitrogen and oxygen atoms in total. The third kappa shape index (κ3) is 2.57. The lowest BCUT2D eigenvalue weighted by atomic mass is 9.82. The van der Waals surface area contributed by atoms with Crippen LogP contribution in [-0.2, 0) is 11.2 Å². The Labute approximate surface area is 107 Å². The second-order valence-corrected chi connectivity index (χ2v) is 5.51. The number of hydrogen-bond donors (Lipinski definition) is 1. The SMILES string of the molecule is OC1(Cc2nc([C@H]3CCCO3)no2)CCCCC1. The molecule has 0 bridgehead atoms. The molecule has 2 heterocycles. The Kier molecular flexibility index (Phi) is 3.35. The van der Waals surface area contributed by atoms with Crippen LogP contribution >= 0.6 is 0 Å². The monoisotopic (exact) mass is 252 g/mol. The summed E-state index contributed by atoms with van der Waals surface area (Å²) < 4.78 is 10.8. The van der Waals surface area contributed by atoms with Crippen molar-refractivity contribution in [3.8, 4) is 0 Å². The van der Waals surface area contributed by atoms with Gasteiger partial charge in [0.05, 0.1) is 12.0 Å².